The van der Waals surface area contributed by atoms with Gasteiger partial charge < -0.3 is 0 Å². The van der Waals surface area contributed by atoms with Gasteiger partial charge in [-0.05, 0) is 18.4 Å². The average molecular weight is 377 g/mol. The molecule has 1 aliphatic rings. The average Bonchev–Trinajstić information content (AvgIpc) is 2.73. The van der Waals surface area contributed by atoms with Crippen molar-refractivity contribution in [3.63, 3.8) is 0 Å². The monoisotopic (exact) mass is 376 g/mol. The number of carbonyl (C=O) groups is 2. The molecule has 0 aromatic heterocycles. The Labute approximate surface area is 169 Å². The van der Waals surface area contributed by atoms with Crippen LogP contribution in [-0.2, 0) is 6.42 Å². The number of fused-ring (bicyclic) bond motifs is 2. The van der Waals surface area contributed by atoms with Crippen LogP contribution in [0.4, 0.5) is 0 Å². The van der Waals surface area contributed by atoms with Gasteiger partial charge in [0.2, 0.25) is 0 Å². The van der Waals surface area contributed by atoms with Gasteiger partial charge in [0, 0.05) is 22.3 Å². The minimum Gasteiger partial charge on any atom is -0.289 e. The second-order valence-corrected chi connectivity index (χ2v) is 7.98. The highest BCUT2D eigenvalue weighted by atomic mass is 16.1. The molecule has 0 bridgehead atoms. The van der Waals surface area contributed by atoms with Crippen molar-refractivity contribution in [3.05, 3.63) is 70.3 Å². The predicted molar refractivity (Wildman–Crippen MR) is 115 cm³/mol. The summed E-state index contributed by atoms with van der Waals surface area (Å²) in [6.07, 6.45) is 13.9. The molecule has 0 atom stereocenters. The van der Waals surface area contributed by atoms with Gasteiger partial charge in [-0.15, -0.1) is 0 Å². The number of rotatable bonds is 11. The molecule has 1 aliphatic carbocycles. The molecule has 2 aromatic carbocycles. The van der Waals surface area contributed by atoms with Gasteiger partial charge in [0.05, 0.1) is 0 Å². The fourth-order valence-corrected chi connectivity index (χ4v) is 4.23. The molecule has 2 heteroatoms. The van der Waals surface area contributed by atoms with Gasteiger partial charge in [0.1, 0.15) is 0 Å². The van der Waals surface area contributed by atoms with Gasteiger partial charge in [-0.3, -0.25) is 9.59 Å². The Morgan fingerprint density at radius 3 is 1.75 bits per heavy atom. The van der Waals surface area contributed by atoms with Crippen LogP contribution in [0.1, 0.15) is 109 Å². The molecule has 2 nitrogen and oxygen atoms in total. The van der Waals surface area contributed by atoms with E-state index in [4.69, 9.17) is 0 Å². The Morgan fingerprint density at radius 1 is 0.571 bits per heavy atom. The highest BCUT2D eigenvalue weighted by molar-refractivity contribution is 6.28. The Balaban J connectivity index is 1.52. The summed E-state index contributed by atoms with van der Waals surface area (Å²) < 4.78 is 0. The molecule has 3 rings (SSSR count). The normalized spacial score (nSPS) is 12.8. The van der Waals surface area contributed by atoms with E-state index in [2.05, 4.69) is 6.92 Å². The smallest absolute Gasteiger partial charge is 0.194 e. The van der Waals surface area contributed by atoms with Crippen LogP contribution >= 0.6 is 0 Å². The lowest BCUT2D eigenvalue weighted by Gasteiger charge is -2.20. The zero-order valence-electron chi connectivity index (χ0n) is 17.1. The second-order valence-electron chi connectivity index (χ2n) is 7.98. The molecule has 148 valence electrons. The minimum absolute atomic E-state index is 0.00730. The van der Waals surface area contributed by atoms with Crippen LogP contribution in [0.5, 0.6) is 0 Å². The van der Waals surface area contributed by atoms with E-state index in [9.17, 15) is 9.59 Å². The van der Waals surface area contributed by atoms with Crippen molar-refractivity contribution < 1.29 is 9.59 Å². The molecule has 28 heavy (non-hydrogen) atoms. The quantitative estimate of drug-likeness (QED) is 0.340. The molecule has 0 spiro atoms. The van der Waals surface area contributed by atoms with Crippen molar-refractivity contribution >= 4 is 11.6 Å². The maximum absolute atomic E-state index is 13.0. The topological polar surface area (TPSA) is 34.1 Å². The Bertz CT molecular complexity index is 819. The fourth-order valence-electron chi connectivity index (χ4n) is 4.23. The Morgan fingerprint density at radius 2 is 1.11 bits per heavy atom. The summed E-state index contributed by atoms with van der Waals surface area (Å²) in [7, 11) is 0. The van der Waals surface area contributed by atoms with E-state index in [-0.39, 0.29) is 11.6 Å². The molecular formula is C26H32O2. The molecule has 0 N–H and O–H groups in total. The largest absolute Gasteiger partial charge is 0.289 e. The number of hydrogen-bond acceptors (Lipinski definition) is 2. The van der Waals surface area contributed by atoms with Crippen molar-refractivity contribution in [2.75, 3.05) is 0 Å². The first-order chi connectivity index (χ1) is 13.7. The van der Waals surface area contributed by atoms with Crippen LogP contribution in [0.15, 0.2) is 42.5 Å². The maximum atomic E-state index is 13.0. The number of ketones is 2. The van der Waals surface area contributed by atoms with Crippen molar-refractivity contribution in [1.82, 2.24) is 0 Å². The van der Waals surface area contributed by atoms with Gasteiger partial charge in [-0.2, -0.15) is 0 Å². The van der Waals surface area contributed by atoms with Gasteiger partial charge in [0.25, 0.3) is 0 Å². The molecule has 0 heterocycles. The molecule has 0 radical (unpaired) electrons. The number of hydrogen-bond donors (Lipinski definition) is 0. The summed E-state index contributed by atoms with van der Waals surface area (Å²) in [5, 5.41) is 0. The lowest BCUT2D eigenvalue weighted by Crippen LogP contribution is -2.22. The first kappa shape index (κ1) is 20.5. The van der Waals surface area contributed by atoms with Crippen molar-refractivity contribution in [3.8, 4) is 0 Å². The number of aryl methyl sites for hydroxylation is 1. The van der Waals surface area contributed by atoms with E-state index in [1.165, 1.54) is 57.8 Å². The van der Waals surface area contributed by atoms with Crippen LogP contribution in [0.2, 0.25) is 0 Å². The zero-order chi connectivity index (χ0) is 19.8. The highest BCUT2D eigenvalue weighted by Gasteiger charge is 2.30. The highest BCUT2D eigenvalue weighted by Crippen LogP contribution is 2.30. The minimum atomic E-state index is -0.0184. The zero-order valence-corrected chi connectivity index (χ0v) is 17.1. The maximum Gasteiger partial charge on any atom is 0.194 e. The molecular weight excluding hydrogens is 344 g/mol. The number of unbranched alkanes of at least 4 members (excludes halogenated alkanes) is 9. The molecule has 0 fully saturated rings. The van der Waals surface area contributed by atoms with Crippen molar-refractivity contribution in [2.24, 2.45) is 0 Å². The first-order valence-corrected chi connectivity index (χ1v) is 11.0. The summed E-state index contributed by atoms with van der Waals surface area (Å²) >= 11 is 0. The van der Waals surface area contributed by atoms with Crippen LogP contribution in [-0.4, -0.2) is 11.6 Å². The summed E-state index contributed by atoms with van der Waals surface area (Å²) in [6, 6.07) is 12.9. The lowest BCUT2D eigenvalue weighted by atomic mass is 9.81. The van der Waals surface area contributed by atoms with Gasteiger partial charge in [-0.25, -0.2) is 0 Å². The van der Waals surface area contributed by atoms with Crippen molar-refractivity contribution in [1.29, 1.82) is 0 Å². The number of carbonyl (C=O) groups excluding carboxylic acids is 2. The van der Waals surface area contributed by atoms with Crippen LogP contribution in [0.3, 0.4) is 0 Å². The first-order valence-electron chi connectivity index (χ1n) is 11.0. The van der Waals surface area contributed by atoms with Crippen LogP contribution in [0, 0.1) is 0 Å². The second kappa shape index (κ2) is 10.4. The molecule has 2 aromatic rings. The van der Waals surface area contributed by atoms with Gasteiger partial charge in [-0.1, -0.05) is 107 Å². The molecule has 0 saturated carbocycles. The molecule has 0 unspecified atom stereocenters. The lowest BCUT2D eigenvalue weighted by molar-refractivity contribution is 0.0978. The predicted octanol–water partition coefficient (Wildman–Crippen LogP) is 6.93. The third-order valence-corrected chi connectivity index (χ3v) is 5.84. The van der Waals surface area contributed by atoms with E-state index in [1.54, 1.807) is 18.2 Å². The van der Waals surface area contributed by atoms with Crippen molar-refractivity contribution in [2.45, 2.75) is 77.6 Å². The van der Waals surface area contributed by atoms with E-state index in [0.29, 0.717) is 22.3 Å². The third-order valence-electron chi connectivity index (χ3n) is 5.84. The Hall–Kier alpha value is -2.22. The van der Waals surface area contributed by atoms with E-state index >= 15 is 0 Å². The summed E-state index contributed by atoms with van der Waals surface area (Å²) in [5.41, 5.74) is 3.34. The molecule has 0 amide bonds. The van der Waals surface area contributed by atoms with Gasteiger partial charge in [0.15, 0.2) is 11.6 Å². The van der Waals surface area contributed by atoms with E-state index < -0.39 is 0 Å². The fraction of sp³-hybridized carbons (Fsp3) is 0.462. The SMILES string of the molecule is CCCCCCCCCCCCc1cccc2c1C(=O)c1ccccc1C2=O. The van der Waals surface area contributed by atoms with Gasteiger partial charge >= 0.3 is 0 Å². The molecule has 0 saturated heterocycles. The standard InChI is InChI=1S/C26H32O2/c1-2-3-4-5-6-7-8-9-10-11-15-20-16-14-19-23-24(20)26(28)22-18-13-12-17-21(22)25(23)27/h12-14,16-19H,2-11,15H2,1H3. The Kier molecular flexibility index (Phi) is 7.59. The summed E-state index contributed by atoms with van der Waals surface area (Å²) in [6.45, 7) is 2.26. The van der Waals surface area contributed by atoms with E-state index in [0.717, 1.165) is 18.4 Å². The summed E-state index contributed by atoms with van der Waals surface area (Å²) in [4.78, 5) is 25.8. The molecule has 0 aliphatic heterocycles. The van der Waals surface area contributed by atoms with Crippen LogP contribution < -0.4 is 0 Å². The third kappa shape index (κ3) is 4.79. The number of benzene rings is 2. The summed E-state index contributed by atoms with van der Waals surface area (Å²) in [5.74, 6) is -0.0111. The van der Waals surface area contributed by atoms with E-state index in [1.807, 2.05) is 24.3 Å². The van der Waals surface area contributed by atoms with Crippen LogP contribution in [0.25, 0.3) is 0 Å².